The highest BCUT2D eigenvalue weighted by Gasteiger charge is 2.20. The SMILES string of the molecule is CCNC(=NCc1ccc(OCCOC)nc1)N1CCN(Cc2ccon2)CC1.I. The Bertz CT molecular complexity index is 734. The Morgan fingerprint density at radius 2 is 2.03 bits per heavy atom. The summed E-state index contributed by atoms with van der Waals surface area (Å²) >= 11 is 0. The normalized spacial score (nSPS) is 15.0. The number of aromatic nitrogens is 2. The molecule has 30 heavy (non-hydrogen) atoms. The van der Waals surface area contributed by atoms with Gasteiger partial charge in [-0.3, -0.25) is 4.90 Å². The lowest BCUT2D eigenvalue weighted by atomic mass is 10.3. The lowest BCUT2D eigenvalue weighted by Gasteiger charge is -2.36. The first-order valence-electron chi connectivity index (χ1n) is 10.00. The molecule has 0 atom stereocenters. The van der Waals surface area contributed by atoms with Gasteiger partial charge in [-0.25, -0.2) is 9.98 Å². The van der Waals surface area contributed by atoms with Crippen LogP contribution in [0.25, 0.3) is 0 Å². The van der Waals surface area contributed by atoms with Gasteiger partial charge in [0, 0.05) is 64.7 Å². The first-order valence-corrected chi connectivity index (χ1v) is 10.00. The number of rotatable bonds is 9. The minimum Gasteiger partial charge on any atom is -0.475 e. The van der Waals surface area contributed by atoms with Gasteiger partial charge in [-0.1, -0.05) is 11.2 Å². The molecule has 3 rings (SSSR count). The number of nitrogens with one attached hydrogen (secondary N) is 1. The van der Waals surface area contributed by atoms with Crippen molar-refractivity contribution in [3.8, 4) is 5.88 Å². The number of aliphatic imine (C=N–C) groups is 1. The molecule has 166 valence electrons. The third kappa shape index (κ3) is 7.73. The van der Waals surface area contributed by atoms with E-state index in [0.29, 0.717) is 25.6 Å². The summed E-state index contributed by atoms with van der Waals surface area (Å²) in [6, 6.07) is 5.79. The molecule has 9 nitrogen and oxygen atoms in total. The molecular weight excluding hydrogens is 499 g/mol. The summed E-state index contributed by atoms with van der Waals surface area (Å²) in [7, 11) is 1.65. The van der Waals surface area contributed by atoms with E-state index in [4.69, 9.17) is 19.0 Å². The molecule has 1 N–H and O–H groups in total. The molecule has 0 aliphatic carbocycles. The zero-order chi connectivity index (χ0) is 20.3. The average molecular weight is 530 g/mol. The van der Waals surface area contributed by atoms with Crippen molar-refractivity contribution in [3.63, 3.8) is 0 Å². The molecule has 2 aromatic heterocycles. The van der Waals surface area contributed by atoms with Gasteiger partial charge < -0.3 is 24.2 Å². The maximum Gasteiger partial charge on any atom is 0.213 e. The van der Waals surface area contributed by atoms with Gasteiger partial charge in [-0.2, -0.15) is 0 Å². The van der Waals surface area contributed by atoms with Crippen LogP contribution in [0.15, 0.2) is 40.2 Å². The van der Waals surface area contributed by atoms with E-state index in [1.54, 1.807) is 13.4 Å². The molecule has 10 heteroatoms. The maximum absolute atomic E-state index is 5.50. The minimum atomic E-state index is 0. The average Bonchev–Trinajstić information content (AvgIpc) is 3.26. The van der Waals surface area contributed by atoms with E-state index in [1.807, 2.05) is 24.4 Å². The third-order valence-corrected chi connectivity index (χ3v) is 4.63. The van der Waals surface area contributed by atoms with Crippen LogP contribution in [0.2, 0.25) is 0 Å². The standard InChI is InChI=1S/C20H30N6O3.HI/c1-3-21-20(23-15-17-4-5-19(22-14-17)28-13-12-27-2)26-9-7-25(8-10-26)16-18-6-11-29-24-18;/h4-6,11,14H,3,7-10,12-13,15-16H2,1-2H3,(H,21,23);1H. The van der Waals surface area contributed by atoms with E-state index in [0.717, 1.165) is 56.5 Å². The van der Waals surface area contributed by atoms with Crippen LogP contribution in [-0.4, -0.2) is 78.9 Å². The quantitative estimate of drug-likeness (QED) is 0.228. The summed E-state index contributed by atoms with van der Waals surface area (Å²) < 4.78 is 15.4. The van der Waals surface area contributed by atoms with E-state index in [1.165, 1.54) is 0 Å². The zero-order valence-electron chi connectivity index (χ0n) is 17.6. The number of piperazine rings is 1. The smallest absolute Gasteiger partial charge is 0.213 e. The number of guanidine groups is 1. The largest absolute Gasteiger partial charge is 0.475 e. The number of hydrogen-bond acceptors (Lipinski definition) is 7. The van der Waals surface area contributed by atoms with Gasteiger partial charge in [0.25, 0.3) is 0 Å². The monoisotopic (exact) mass is 530 g/mol. The molecule has 0 spiro atoms. The van der Waals surface area contributed by atoms with Gasteiger partial charge in [0.15, 0.2) is 5.96 Å². The maximum atomic E-state index is 5.50. The summed E-state index contributed by atoms with van der Waals surface area (Å²) in [5.41, 5.74) is 2.02. The van der Waals surface area contributed by atoms with Crippen LogP contribution in [0, 0.1) is 0 Å². The van der Waals surface area contributed by atoms with Crippen LogP contribution in [-0.2, 0) is 17.8 Å². The second-order valence-electron chi connectivity index (χ2n) is 6.77. The molecule has 0 bridgehead atoms. The van der Waals surface area contributed by atoms with Crippen LogP contribution < -0.4 is 10.1 Å². The van der Waals surface area contributed by atoms with Crippen molar-refractivity contribution >= 4 is 29.9 Å². The van der Waals surface area contributed by atoms with Crippen LogP contribution >= 0.6 is 24.0 Å². The summed E-state index contributed by atoms with van der Waals surface area (Å²) in [5, 5.41) is 7.40. The number of halogens is 1. The van der Waals surface area contributed by atoms with Crippen molar-refractivity contribution in [2.24, 2.45) is 4.99 Å². The van der Waals surface area contributed by atoms with Crippen LogP contribution in [0.3, 0.4) is 0 Å². The van der Waals surface area contributed by atoms with Crippen molar-refractivity contribution in [2.45, 2.75) is 20.0 Å². The van der Waals surface area contributed by atoms with Crippen molar-refractivity contribution in [3.05, 3.63) is 41.9 Å². The highest BCUT2D eigenvalue weighted by molar-refractivity contribution is 14.0. The number of methoxy groups -OCH3 is 1. The van der Waals surface area contributed by atoms with E-state index >= 15 is 0 Å². The number of pyridine rings is 1. The fourth-order valence-electron chi connectivity index (χ4n) is 3.08. The number of ether oxygens (including phenoxy) is 2. The Morgan fingerprint density at radius 1 is 1.20 bits per heavy atom. The molecule has 0 amide bonds. The predicted octanol–water partition coefficient (Wildman–Crippen LogP) is 2.00. The van der Waals surface area contributed by atoms with Crippen LogP contribution in [0.1, 0.15) is 18.2 Å². The van der Waals surface area contributed by atoms with Gasteiger partial charge in [0.1, 0.15) is 12.9 Å². The van der Waals surface area contributed by atoms with Gasteiger partial charge in [-0.15, -0.1) is 24.0 Å². The first kappa shape index (κ1) is 24.4. The number of hydrogen-bond donors (Lipinski definition) is 1. The fraction of sp³-hybridized carbons (Fsp3) is 0.550. The Labute approximate surface area is 194 Å². The van der Waals surface area contributed by atoms with Gasteiger partial charge in [0.05, 0.1) is 18.8 Å². The van der Waals surface area contributed by atoms with Gasteiger partial charge in [-0.05, 0) is 12.5 Å². The van der Waals surface area contributed by atoms with Crippen molar-refractivity contribution < 1.29 is 14.0 Å². The lowest BCUT2D eigenvalue weighted by Crippen LogP contribution is -2.52. The van der Waals surface area contributed by atoms with Crippen molar-refractivity contribution in [1.82, 2.24) is 25.3 Å². The van der Waals surface area contributed by atoms with Crippen LogP contribution in [0.5, 0.6) is 5.88 Å². The van der Waals surface area contributed by atoms with E-state index < -0.39 is 0 Å². The summed E-state index contributed by atoms with van der Waals surface area (Å²) in [6.45, 7) is 9.14. The fourth-order valence-corrected chi connectivity index (χ4v) is 3.08. The van der Waals surface area contributed by atoms with Crippen molar-refractivity contribution in [1.29, 1.82) is 0 Å². The zero-order valence-corrected chi connectivity index (χ0v) is 20.0. The molecule has 2 aromatic rings. The summed E-state index contributed by atoms with van der Waals surface area (Å²) in [5.74, 6) is 1.54. The lowest BCUT2D eigenvalue weighted by molar-refractivity contribution is 0.143. The first-order chi connectivity index (χ1) is 14.3. The Kier molecular flexibility index (Phi) is 10.9. The molecule has 1 saturated heterocycles. The second kappa shape index (κ2) is 13.4. The van der Waals surface area contributed by atoms with Crippen LogP contribution in [0.4, 0.5) is 0 Å². The van der Waals surface area contributed by atoms with Crippen molar-refractivity contribution in [2.75, 3.05) is 53.0 Å². The predicted molar refractivity (Wildman–Crippen MR) is 125 cm³/mol. The Balaban J connectivity index is 0.00000320. The third-order valence-electron chi connectivity index (χ3n) is 4.63. The molecule has 0 aromatic carbocycles. The van der Waals surface area contributed by atoms with Gasteiger partial charge >= 0.3 is 0 Å². The molecule has 1 aliphatic heterocycles. The van der Waals surface area contributed by atoms with Gasteiger partial charge in [0.2, 0.25) is 5.88 Å². The molecular formula is C20H31IN6O3. The number of nitrogens with zero attached hydrogens (tertiary/aromatic N) is 5. The summed E-state index contributed by atoms with van der Waals surface area (Å²) in [4.78, 5) is 13.8. The molecule has 0 saturated carbocycles. The second-order valence-corrected chi connectivity index (χ2v) is 6.77. The Morgan fingerprint density at radius 3 is 2.67 bits per heavy atom. The highest BCUT2D eigenvalue weighted by Crippen LogP contribution is 2.10. The Hall–Kier alpha value is -1.92. The van der Waals surface area contributed by atoms with E-state index in [-0.39, 0.29) is 24.0 Å². The minimum absolute atomic E-state index is 0. The topological polar surface area (TPSA) is 88.3 Å². The highest BCUT2D eigenvalue weighted by atomic mass is 127. The van der Waals surface area contributed by atoms with E-state index in [2.05, 4.69) is 32.2 Å². The molecule has 3 heterocycles. The summed E-state index contributed by atoms with van der Waals surface area (Å²) in [6.07, 6.45) is 3.43. The van der Waals surface area contributed by atoms with E-state index in [9.17, 15) is 0 Å². The molecule has 0 radical (unpaired) electrons. The molecule has 1 aliphatic rings. The molecule has 0 unspecified atom stereocenters. The molecule has 1 fully saturated rings.